The van der Waals surface area contributed by atoms with E-state index in [2.05, 4.69) is 5.32 Å². The van der Waals surface area contributed by atoms with E-state index in [0.717, 1.165) is 5.56 Å². The van der Waals surface area contributed by atoms with Crippen LogP contribution in [0.5, 0.6) is 0 Å². The second kappa shape index (κ2) is 5.67. The highest BCUT2D eigenvalue weighted by atomic mass is 19.1. The minimum absolute atomic E-state index is 0.200. The van der Waals surface area contributed by atoms with E-state index in [1.54, 1.807) is 0 Å². The van der Waals surface area contributed by atoms with Crippen molar-refractivity contribution in [2.75, 3.05) is 13.2 Å². The van der Waals surface area contributed by atoms with Gasteiger partial charge in [0.15, 0.2) is 0 Å². The molecule has 0 aliphatic rings. The summed E-state index contributed by atoms with van der Waals surface area (Å²) in [5, 5.41) is 11.3. The van der Waals surface area contributed by atoms with Crippen LogP contribution in [-0.4, -0.2) is 24.4 Å². The zero-order valence-corrected chi connectivity index (χ0v) is 7.41. The number of hydrogen-bond acceptors (Lipinski definition) is 2. The van der Waals surface area contributed by atoms with Crippen molar-refractivity contribution in [1.29, 1.82) is 0 Å². The highest BCUT2D eigenvalue weighted by molar-refractivity contribution is 5.14. The highest BCUT2D eigenvalue weighted by Crippen LogP contribution is 1.97. The molecule has 1 aromatic rings. The summed E-state index contributed by atoms with van der Waals surface area (Å²) in [4.78, 5) is 0. The van der Waals surface area contributed by atoms with E-state index in [1.165, 1.54) is 0 Å². The minimum Gasteiger partial charge on any atom is -0.393 e. The number of rotatable bonds is 5. The quantitative estimate of drug-likeness (QED) is 0.716. The first-order valence-corrected chi connectivity index (χ1v) is 4.32. The third kappa shape index (κ3) is 4.01. The monoisotopic (exact) mass is 183 g/mol. The molecule has 0 heterocycles. The van der Waals surface area contributed by atoms with E-state index in [0.29, 0.717) is 6.54 Å². The fraction of sp³-hybridized carbons (Fsp3) is 0.400. The van der Waals surface area contributed by atoms with Crippen LogP contribution in [0.1, 0.15) is 5.56 Å². The molecule has 1 rings (SSSR count). The molecular formula is C10H14FNO. The molecule has 0 amide bonds. The Bertz CT molecular complexity index is 228. The van der Waals surface area contributed by atoms with Crippen molar-refractivity contribution in [2.24, 2.45) is 0 Å². The van der Waals surface area contributed by atoms with Crippen molar-refractivity contribution in [3.8, 4) is 0 Å². The standard InChI is InChI=1S/C10H14FNO/c11-10(8-13)7-12-6-9-4-2-1-3-5-9/h1-5,10,12-13H,6-8H2/t10-/m1/s1. The number of aliphatic hydroxyl groups is 1. The molecule has 1 atom stereocenters. The molecule has 0 aliphatic carbocycles. The van der Waals surface area contributed by atoms with Gasteiger partial charge in [-0.15, -0.1) is 0 Å². The smallest absolute Gasteiger partial charge is 0.135 e. The summed E-state index contributed by atoms with van der Waals surface area (Å²) in [6.07, 6.45) is -1.16. The van der Waals surface area contributed by atoms with Crippen molar-refractivity contribution in [3.63, 3.8) is 0 Å². The van der Waals surface area contributed by atoms with E-state index in [9.17, 15) is 4.39 Å². The van der Waals surface area contributed by atoms with Crippen LogP contribution in [0.25, 0.3) is 0 Å². The molecule has 2 N–H and O–H groups in total. The van der Waals surface area contributed by atoms with Crippen LogP contribution in [0.15, 0.2) is 30.3 Å². The van der Waals surface area contributed by atoms with Gasteiger partial charge in [0, 0.05) is 13.1 Å². The lowest BCUT2D eigenvalue weighted by Gasteiger charge is -2.06. The van der Waals surface area contributed by atoms with Crippen molar-refractivity contribution >= 4 is 0 Å². The first kappa shape index (κ1) is 10.2. The van der Waals surface area contributed by atoms with E-state index in [-0.39, 0.29) is 6.54 Å². The van der Waals surface area contributed by atoms with Gasteiger partial charge in [0.05, 0.1) is 6.61 Å². The summed E-state index contributed by atoms with van der Waals surface area (Å²) in [6.45, 7) is 0.425. The molecule has 0 aliphatic heterocycles. The van der Waals surface area contributed by atoms with Gasteiger partial charge in [0.1, 0.15) is 6.17 Å². The molecule has 0 radical (unpaired) electrons. The van der Waals surface area contributed by atoms with Gasteiger partial charge < -0.3 is 10.4 Å². The molecule has 72 valence electrons. The van der Waals surface area contributed by atoms with Gasteiger partial charge >= 0.3 is 0 Å². The fourth-order valence-electron chi connectivity index (χ4n) is 1.03. The number of aliphatic hydroxyl groups excluding tert-OH is 1. The van der Waals surface area contributed by atoms with Crippen LogP contribution < -0.4 is 5.32 Å². The van der Waals surface area contributed by atoms with Gasteiger partial charge in [-0.25, -0.2) is 4.39 Å². The van der Waals surface area contributed by atoms with E-state index >= 15 is 0 Å². The maximum absolute atomic E-state index is 12.5. The van der Waals surface area contributed by atoms with Gasteiger partial charge in [-0.3, -0.25) is 0 Å². The van der Waals surface area contributed by atoms with Crippen molar-refractivity contribution in [1.82, 2.24) is 5.32 Å². The maximum Gasteiger partial charge on any atom is 0.135 e. The summed E-state index contributed by atoms with van der Waals surface area (Å²) >= 11 is 0. The van der Waals surface area contributed by atoms with Crippen LogP contribution in [0.2, 0.25) is 0 Å². The largest absolute Gasteiger partial charge is 0.393 e. The van der Waals surface area contributed by atoms with Crippen molar-refractivity contribution in [3.05, 3.63) is 35.9 Å². The Hall–Kier alpha value is -0.930. The number of hydrogen-bond donors (Lipinski definition) is 2. The zero-order valence-electron chi connectivity index (χ0n) is 7.41. The Kier molecular flexibility index (Phi) is 4.43. The number of nitrogens with one attached hydrogen (secondary N) is 1. The molecule has 3 heteroatoms. The fourth-order valence-corrected chi connectivity index (χ4v) is 1.03. The summed E-state index contributed by atoms with van der Waals surface area (Å²) in [6, 6.07) is 9.76. The Morgan fingerprint density at radius 1 is 1.31 bits per heavy atom. The molecule has 0 bridgehead atoms. The first-order valence-electron chi connectivity index (χ1n) is 4.32. The average molecular weight is 183 g/mol. The lowest BCUT2D eigenvalue weighted by molar-refractivity contribution is 0.175. The molecule has 13 heavy (non-hydrogen) atoms. The molecule has 1 aromatic carbocycles. The lowest BCUT2D eigenvalue weighted by atomic mass is 10.2. The van der Waals surface area contributed by atoms with E-state index in [1.807, 2.05) is 30.3 Å². The summed E-state index contributed by atoms with van der Waals surface area (Å²) in [5.41, 5.74) is 1.12. The summed E-state index contributed by atoms with van der Waals surface area (Å²) in [5.74, 6) is 0. The number of benzene rings is 1. The Morgan fingerprint density at radius 3 is 2.62 bits per heavy atom. The molecule has 0 unspecified atom stereocenters. The van der Waals surface area contributed by atoms with Crippen LogP contribution >= 0.6 is 0 Å². The Balaban J connectivity index is 2.20. The minimum atomic E-state index is -1.16. The van der Waals surface area contributed by atoms with Gasteiger partial charge in [0.2, 0.25) is 0 Å². The predicted octanol–water partition coefficient (Wildman–Crippen LogP) is 1.11. The molecule has 2 nitrogen and oxygen atoms in total. The van der Waals surface area contributed by atoms with Gasteiger partial charge in [-0.1, -0.05) is 30.3 Å². The second-order valence-corrected chi connectivity index (χ2v) is 2.90. The van der Waals surface area contributed by atoms with Crippen LogP contribution in [0.3, 0.4) is 0 Å². The topological polar surface area (TPSA) is 32.3 Å². The molecular weight excluding hydrogens is 169 g/mol. The first-order chi connectivity index (χ1) is 6.33. The molecule has 0 fully saturated rings. The van der Waals surface area contributed by atoms with Crippen LogP contribution in [-0.2, 0) is 6.54 Å². The molecule has 0 spiro atoms. The van der Waals surface area contributed by atoms with Crippen LogP contribution in [0.4, 0.5) is 4.39 Å². The SMILES string of the molecule is OC[C@H](F)CNCc1ccccc1. The van der Waals surface area contributed by atoms with E-state index < -0.39 is 12.8 Å². The van der Waals surface area contributed by atoms with Gasteiger partial charge in [-0.05, 0) is 5.56 Å². The molecule has 0 saturated carbocycles. The highest BCUT2D eigenvalue weighted by Gasteiger charge is 2.02. The Morgan fingerprint density at radius 2 is 2.00 bits per heavy atom. The third-order valence-electron chi connectivity index (χ3n) is 1.74. The molecule has 0 saturated heterocycles. The van der Waals surface area contributed by atoms with Crippen LogP contribution in [0, 0.1) is 0 Å². The molecule has 0 aromatic heterocycles. The number of halogens is 1. The number of alkyl halides is 1. The van der Waals surface area contributed by atoms with Gasteiger partial charge in [-0.2, -0.15) is 0 Å². The van der Waals surface area contributed by atoms with Crippen molar-refractivity contribution in [2.45, 2.75) is 12.7 Å². The average Bonchev–Trinajstić information content (AvgIpc) is 2.19. The maximum atomic E-state index is 12.5. The van der Waals surface area contributed by atoms with Crippen molar-refractivity contribution < 1.29 is 9.50 Å². The summed E-state index contributed by atoms with van der Waals surface area (Å²) in [7, 11) is 0. The van der Waals surface area contributed by atoms with Gasteiger partial charge in [0.25, 0.3) is 0 Å². The second-order valence-electron chi connectivity index (χ2n) is 2.90. The summed E-state index contributed by atoms with van der Waals surface area (Å²) < 4.78 is 12.5. The zero-order chi connectivity index (χ0) is 9.52. The van der Waals surface area contributed by atoms with E-state index in [4.69, 9.17) is 5.11 Å². The lowest BCUT2D eigenvalue weighted by Crippen LogP contribution is -2.25. The normalized spacial score (nSPS) is 12.8. The third-order valence-corrected chi connectivity index (χ3v) is 1.74. The Labute approximate surface area is 77.4 Å². The predicted molar refractivity (Wildman–Crippen MR) is 50.1 cm³/mol.